The fraction of sp³-hybridized carbons (Fsp3) is 0.625. The molecule has 1 saturated heterocycles. The first kappa shape index (κ1) is 18.2. The van der Waals surface area contributed by atoms with E-state index in [0.29, 0.717) is 38.3 Å². The van der Waals surface area contributed by atoms with Crippen molar-refractivity contribution >= 4 is 10.0 Å². The van der Waals surface area contributed by atoms with Gasteiger partial charge in [-0.15, -0.1) is 0 Å². The lowest BCUT2D eigenvalue weighted by Gasteiger charge is -2.35. The molecule has 1 aromatic rings. The summed E-state index contributed by atoms with van der Waals surface area (Å²) in [6.07, 6.45) is 2.06. The second kappa shape index (κ2) is 7.61. The molecule has 7 heteroatoms. The Kier molecular flexibility index (Phi) is 6.02. The largest absolute Gasteiger partial charge is 0.491 e. The van der Waals surface area contributed by atoms with Crippen LogP contribution in [-0.2, 0) is 14.8 Å². The SMILES string of the molecule is CC[C@@]1(CO)CCCN1S(=O)(=O)c1ccc(OCCOC)cc1. The molecule has 6 nitrogen and oxygen atoms in total. The summed E-state index contributed by atoms with van der Waals surface area (Å²) in [6.45, 7) is 3.10. The van der Waals surface area contributed by atoms with Crippen LogP contribution in [0.4, 0.5) is 0 Å². The van der Waals surface area contributed by atoms with E-state index >= 15 is 0 Å². The van der Waals surface area contributed by atoms with E-state index in [1.165, 1.54) is 4.31 Å². The van der Waals surface area contributed by atoms with Gasteiger partial charge >= 0.3 is 0 Å². The molecule has 1 aliphatic heterocycles. The van der Waals surface area contributed by atoms with Crippen LogP contribution in [-0.4, -0.2) is 56.8 Å². The number of aliphatic hydroxyl groups is 1. The highest BCUT2D eigenvalue weighted by Gasteiger charge is 2.46. The zero-order valence-corrected chi connectivity index (χ0v) is 14.5. The topological polar surface area (TPSA) is 76.1 Å². The van der Waals surface area contributed by atoms with Crippen molar-refractivity contribution in [3.63, 3.8) is 0 Å². The normalized spacial score (nSPS) is 22.4. The number of rotatable bonds is 8. The number of sulfonamides is 1. The van der Waals surface area contributed by atoms with Gasteiger partial charge in [0.15, 0.2) is 0 Å². The van der Waals surface area contributed by atoms with Crippen LogP contribution in [0.1, 0.15) is 26.2 Å². The number of aliphatic hydroxyl groups excluding tert-OH is 1. The summed E-state index contributed by atoms with van der Waals surface area (Å²) in [5.41, 5.74) is -0.674. The Balaban J connectivity index is 2.19. The van der Waals surface area contributed by atoms with Crippen molar-refractivity contribution in [1.29, 1.82) is 0 Å². The summed E-state index contributed by atoms with van der Waals surface area (Å²) in [5, 5.41) is 9.72. The van der Waals surface area contributed by atoms with Crippen molar-refractivity contribution < 1.29 is 23.0 Å². The van der Waals surface area contributed by atoms with Crippen molar-refractivity contribution in [1.82, 2.24) is 4.31 Å². The number of nitrogens with zero attached hydrogens (tertiary/aromatic N) is 1. The van der Waals surface area contributed by atoms with Crippen LogP contribution in [0.3, 0.4) is 0 Å². The van der Waals surface area contributed by atoms with Gasteiger partial charge in [-0.25, -0.2) is 8.42 Å². The van der Waals surface area contributed by atoms with Crippen molar-refractivity contribution in [2.24, 2.45) is 0 Å². The molecule has 130 valence electrons. The highest BCUT2D eigenvalue weighted by atomic mass is 32.2. The molecular formula is C16H25NO5S. The van der Waals surface area contributed by atoms with E-state index in [4.69, 9.17) is 9.47 Å². The van der Waals surface area contributed by atoms with E-state index in [9.17, 15) is 13.5 Å². The number of hydrogen-bond acceptors (Lipinski definition) is 5. The summed E-state index contributed by atoms with van der Waals surface area (Å²) >= 11 is 0. The van der Waals surface area contributed by atoms with Gasteiger partial charge in [0.1, 0.15) is 12.4 Å². The molecule has 1 N–H and O–H groups in total. The molecule has 2 rings (SSSR count). The van der Waals surface area contributed by atoms with Gasteiger partial charge in [0.2, 0.25) is 10.0 Å². The number of ether oxygens (including phenoxy) is 2. The minimum atomic E-state index is -3.62. The van der Waals surface area contributed by atoms with E-state index in [0.717, 1.165) is 6.42 Å². The zero-order valence-electron chi connectivity index (χ0n) is 13.7. The third-order valence-electron chi connectivity index (χ3n) is 4.45. The highest BCUT2D eigenvalue weighted by Crippen LogP contribution is 2.37. The van der Waals surface area contributed by atoms with Gasteiger partial charge in [0.25, 0.3) is 0 Å². The van der Waals surface area contributed by atoms with E-state index in [-0.39, 0.29) is 11.5 Å². The predicted octanol–water partition coefficient (Wildman–Crippen LogP) is 1.64. The first-order valence-electron chi connectivity index (χ1n) is 7.85. The summed E-state index contributed by atoms with van der Waals surface area (Å²) in [4.78, 5) is 0.227. The Labute approximate surface area is 138 Å². The van der Waals surface area contributed by atoms with Gasteiger partial charge in [-0.05, 0) is 43.5 Å². The Morgan fingerprint density at radius 2 is 1.96 bits per heavy atom. The van der Waals surface area contributed by atoms with Crippen LogP contribution in [0.15, 0.2) is 29.2 Å². The van der Waals surface area contributed by atoms with E-state index in [1.54, 1.807) is 31.4 Å². The first-order chi connectivity index (χ1) is 11.0. The minimum Gasteiger partial charge on any atom is -0.491 e. The molecule has 23 heavy (non-hydrogen) atoms. The van der Waals surface area contributed by atoms with Crippen molar-refractivity contribution in [2.45, 2.75) is 36.6 Å². The lowest BCUT2D eigenvalue weighted by atomic mass is 9.96. The average Bonchev–Trinajstić information content (AvgIpc) is 3.01. The van der Waals surface area contributed by atoms with E-state index in [2.05, 4.69) is 0 Å². The van der Waals surface area contributed by atoms with Gasteiger partial charge in [-0.1, -0.05) is 6.92 Å². The Bertz CT molecular complexity index is 595. The van der Waals surface area contributed by atoms with Gasteiger partial charge < -0.3 is 14.6 Å². The lowest BCUT2D eigenvalue weighted by molar-refractivity contribution is 0.117. The summed E-state index contributed by atoms with van der Waals surface area (Å²) in [7, 11) is -2.03. The molecule has 1 aliphatic rings. The smallest absolute Gasteiger partial charge is 0.243 e. The van der Waals surface area contributed by atoms with Gasteiger partial charge in [0, 0.05) is 13.7 Å². The predicted molar refractivity (Wildman–Crippen MR) is 87.0 cm³/mol. The monoisotopic (exact) mass is 343 g/mol. The molecule has 0 bridgehead atoms. The molecule has 1 atom stereocenters. The molecule has 1 fully saturated rings. The van der Waals surface area contributed by atoms with Crippen LogP contribution in [0.2, 0.25) is 0 Å². The Morgan fingerprint density at radius 1 is 1.26 bits per heavy atom. The maximum Gasteiger partial charge on any atom is 0.243 e. The molecule has 1 aromatic carbocycles. The van der Waals surface area contributed by atoms with E-state index < -0.39 is 15.6 Å². The van der Waals surface area contributed by atoms with E-state index in [1.807, 2.05) is 6.92 Å². The number of hydrogen-bond donors (Lipinski definition) is 1. The second-order valence-electron chi connectivity index (χ2n) is 5.73. The summed E-state index contributed by atoms with van der Waals surface area (Å²) in [6, 6.07) is 6.39. The van der Waals surface area contributed by atoms with Gasteiger partial charge in [0.05, 0.1) is 23.6 Å². The third kappa shape index (κ3) is 3.68. The minimum absolute atomic E-state index is 0.152. The van der Waals surface area contributed by atoms with Gasteiger partial charge in [-0.2, -0.15) is 4.31 Å². The summed E-state index contributed by atoms with van der Waals surface area (Å²) in [5.74, 6) is 0.603. The molecule has 0 saturated carbocycles. The Hall–Kier alpha value is -1.15. The quantitative estimate of drug-likeness (QED) is 0.726. The fourth-order valence-electron chi connectivity index (χ4n) is 2.99. The molecule has 0 aliphatic carbocycles. The number of methoxy groups -OCH3 is 1. The van der Waals surface area contributed by atoms with Crippen LogP contribution in [0, 0.1) is 0 Å². The van der Waals surface area contributed by atoms with Crippen molar-refractivity contribution in [3.8, 4) is 5.75 Å². The molecular weight excluding hydrogens is 318 g/mol. The van der Waals surface area contributed by atoms with Crippen molar-refractivity contribution in [2.75, 3.05) is 33.5 Å². The first-order valence-corrected chi connectivity index (χ1v) is 9.30. The van der Waals surface area contributed by atoms with Gasteiger partial charge in [-0.3, -0.25) is 0 Å². The average molecular weight is 343 g/mol. The maximum absolute atomic E-state index is 12.9. The molecule has 0 aromatic heterocycles. The molecule has 1 heterocycles. The van der Waals surface area contributed by atoms with Crippen LogP contribution in [0.25, 0.3) is 0 Å². The molecule has 0 spiro atoms. The third-order valence-corrected chi connectivity index (χ3v) is 6.47. The molecule has 0 unspecified atom stereocenters. The molecule has 0 radical (unpaired) electrons. The van der Waals surface area contributed by atoms with Crippen molar-refractivity contribution in [3.05, 3.63) is 24.3 Å². The number of benzene rings is 1. The Morgan fingerprint density at radius 3 is 2.52 bits per heavy atom. The zero-order chi connectivity index (χ0) is 16.9. The van der Waals surface area contributed by atoms with Crippen LogP contribution < -0.4 is 4.74 Å². The summed E-state index contributed by atoms with van der Waals surface area (Å²) < 4.78 is 37.6. The highest BCUT2D eigenvalue weighted by molar-refractivity contribution is 7.89. The van der Waals surface area contributed by atoms with Crippen LogP contribution >= 0.6 is 0 Å². The molecule has 0 amide bonds. The van der Waals surface area contributed by atoms with Crippen LogP contribution in [0.5, 0.6) is 5.75 Å². The standard InChI is InChI=1S/C16H25NO5S/c1-3-16(13-18)9-4-10-17(16)23(19,20)15-7-5-14(6-8-15)22-12-11-21-2/h5-8,18H,3-4,9-13H2,1-2H3/t16-/m0/s1. The lowest BCUT2D eigenvalue weighted by Crippen LogP contribution is -2.49. The maximum atomic E-state index is 12.9. The second-order valence-corrected chi connectivity index (χ2v) is 7.59. The fourth-order valence-corrected chi connectivity index (χ4v) is 4.88.